The number of benzene rings is 3. The molecule has 0 amide bonds. The van der Waals surface area contributed by atoms with E-state index < -0.39 is 84.1 Å². The van der Waals surface area contributed by atoms with Gasteiger partial charge >= 0.3 is 11.9 Å². The van der Waals surface area contributed by atoms with Crippen molar-refractivity contribution >= 4 is 5.97 Å². The van der Waals surface area contributed by atoms with Gasteiger partial charge < -0.3 is 57.2 Å². The highest BCUT2D eigenvalue weighted by molar-refractivity contribution is 5.75. The van der Waals surface area contributed by atoms with E-state index in [1.807, 2.05) is 105 Å². The highest BCUT2D eigenvalue weighted by Gasteiger charge is 2.63. The molecule has 4 aliphatic rings. The first kappa shape index (κ1) is 41.8. The molecule has 0 saturated carbocycles. The third kappa shape index (κ3) is 10.1. The summed E-state index contributed by atoms with van der Waals surface area (Å²) in [5, 5.41) is 12.8. The molecule has 1 N–H and O–H groups in total. The summed E-state index contributed by atoms with van der Waals surface area (Å²) in [6, 6.07) is 28.9. The Morgan fingerprint density at radius 3 is 1.72 bits per heavy atom. The van der Waals surface area contributed by atoms with Crippen molar-refractivity contribution < 1.29 is 62.0 Å². The molecule has 3 aromatic carbocycles. The van der Waals surface area contributed by atoms with E-state index in [0.717, 1.165) is 16.7 Å². The number of esters is 1. The maximum atomic E-state index is 13.8. The highest BCUT2D eigenvalue weighted by Crippen LogP contribution is 2.45. The molecule has 4 saturated heterocycles. The van der Waals surface area contributed by atoms with Crippen LogP contribution in [0.25, 0.3) is 0 Å². The van der Waals surface area contributed by atoms with Gasteiger partial charge in [0.05, 0.1) is 38.4 Å². The molecule has 4 aliphatic heterocycles. The normalized spacial score (nSPS) is 33.0. The van der Waals surface area contributed by atoms with Gasteiger partial charge in [0.15, 0.2) is 17.9 Å². The van der Waals surface area contributed by atoms with Crippen LogP contribution >= 0.6 is 0 Å². The second kappa shape index (κ2) is 17.1. The summed E-state index contributed by atoms with van der Waals surface area (Å²) >= 11 is 0. The largest absolute Gasteiger partial charge is 0.450 e. The fourth-order valence-corrected chi connectivity index (χ4v) is 7.44. The van der Waals surface area contributed by atoms with Gasteiger partial charge in [0.25, 0.3) is 0 Å². The van der Waals surface area contributed by atoms with Gasteiger partial charge in [-0.15, -0.1) is 0 Å². The third-order valence-corrected chi connectivity index (χ3v) is 10.2. The van der Waals surface area contributed by atoms with E-state index in [1.165, 1.54) is 0 Å². The minimum Gasteiger partial charge on any atom is -0.450 e. The second-order valence-electron chi connectivity index (χ2n) is 16.9. The first-order valence-corrected chi connectivity index (χ1v) is 19.6. The van der Waals surface area contributed by atoms with Crippen LogP contribution in [0, 0.1) is 5.41 Å². The molecule has 0 bridgehead atoms. The van der Waals surface area contributed by atoms with Crippen LogP contribution in [0.5, 0.6) is 0 Å². The van der Waals surface area contributed by atoms with Gasteiger partial charge in [-0.25, -0.2) is 0 Å². The summed E-state index contributed by atoms with van der Waals surface area (Å²) in [4.78, 5) is 13.8. The zero-order chi connectivity index (χ0) is 40.4. The summed E-state index contributed by atoms with van der Waals surface area (Å²) in [6.45, 7) is 12.6. The summed E-state index contributed by atoms with van der Waals surface area (Å²) in [6.07, 6.45) is -8.00. The average Bonchev–Trinajstić information content (AvgIpc) is 3.68. The lowest BCUT2D eigenvalue weighted by Gasteiger charge is -2.49. The second-order valence-corrected chi connectivity index (χ2v) is 16.9. The Balaban J connectivity index is 1.22. The van der Waals surface area contributed by atoms with E-state index in [0.29, 0.717) is 0 Å². The maximum Gasteiger partial charge on any atom is 0.323 e. The van der Waals surface area contributed by atoms with Crippen molar-refractivity contribution in [3.8, 4) is 0 Å². The lowest BCUT2D eigenvalue weighted by molar-refractivity contribution is -0.458. The zero-order valence-electron chi connectivity index (χ0n) is 33.7. The molecule has 13 nitrogen and oxygen atoms in total. The topological polar surface area (TPSA) is 139 Å². The quantitative estimate of drug-likeness (QED) is 0.156. The minimum absolute atomic E-state index is 0.0368. The van der Waals surface area contributed by atoms with Crippen LogP contribution in [0.3, 0.4) is 0 Å². The fourth-order valence-electron chi connectivity index (χ4n) is 7.44. The summed E-state index contributed by atoms with van der Waals surface area (Å²) < 4.78 is 70.0. The van der Waals surface area contributed by atoms with Crippen molar-refractivity contribution in [1.29, 1.82) is 0 Å². The first-order chi connectivity index (χ1) is 27.1. The van der Waals surface area contributed by atoms with Gasteiger partial charge in [0, 0.05) is 0 Å². The Kier molecular flexibility index (Phi) is 12.6. The minimum atomic E-state index is -2.59. The molecule has 13 heteroatoms. The van der Waals surface area contributed by atoms with Gasteiger partial charge in [0.2, 0.25) is 6.10 Å². The molecule has 0 radical (unpaired) electrons. The van der Waals surface area contributed by atoms with Crippen LogP contribution in [0.4, 0.5) is 0 Å². The van der Waals surface area contributed by atoms with Gasteiger partial charge in [-0.3, -0.25) is 4.79 Å². The molecule has 57 heavy (non-hydrogen) atoms. The lowest BCUT2D eigenvalue weighted by Crippen LogP contribution is -2.69. The molecule has 0 unspecified atom stereocenters. The Bertz CT molecular complexity index is 1750. The molecule has 0 aliphatic carbocycles. The number of fused-ring (bicyclic) bond motifs is 3. The average molecular weight is 793 g/mol. The van der Waals surface area contributed by atoms with Gasteiger partial charge in [-0.05, 0) is 65.2 Å². The predicted molar refractivity (Wildman–Crippen MR) is 204 cm³/mol. The van der Waals surface area contributed by atoms with Crippen molar-refractivity contribution in [1.82, 2.24) is 0 Å². The summed E-state index contributed by atoms with van der Waals surface area (Å²) in [7, 11) is 0. The van der Waals surface area contributed by atoms with Crippen LogP contribution in [0.1, 0.15) is 65.2 Å². The van der Waals surface area contributed by atoms with Crippen LogP contribution < -0.4 is 0 Å². The molecule has 3 aromatic rings. The van der Waals surface area contributed by atoms with Gasteiger partial charge in [-0.2, -0.15) is 0 Å². The number of hydrogen-bond acceptors (Lipinski definition) is 13. The van der Waals surface area contributed by atoms with E-state index in [9.17, 15) is 9.90 Å². The van der Waals surface area contributed by atoms with Crippen LogP contribution in [-0.2, 0) is 76.7 Å². The molecule has 0 aromatic heterocycles. The fraction of sp³-hybridized carbons (Fsp3) is 0.568. The standard InChI is InChI=1S/C44H56O13/c1-41(2,3)40(45)52-38-36(49-25-30-21-15-10-16-22-30)33(48-24-29-19-13-9-14-20-29)32(26-47-23-28-17-11-8-12-18-28)53-44(38,46)50-27-31-34-35(55-42(4,5)54-34)37-39(51-31)57-43(6,7)56-37/h8-22,31-39,46H,23-27H2,1-7H3/t31-,32-,33-,34+,35+,36+,37-,38-,39-,44+/m1/s1. The number of carbonyl (C=O) groups excluding carboxylic acids is 1. The highest BCUT2D eigenvalue weighted by atomic mass is 16.9. The maximum absolute atomic E-state index is 13.8. The van der Waals surface area contributed by atoms with E-state index in [4.69, 9.17) is 52.1 Å². The predicted octanol–water partition coefficient (Wildman–Crippen LogP) is 5.79. The Morgan fingerprint density at radius 1 is 0.632 bits per heavy atom. The molecule has 4 fully saturated rings. The Morgan fingerprint density at radius 2 is 1.14 bits per heavy atom. The first-order valence-electron chi connectivity index (χ1n) is 19.6. The number of aliphatic hydroxyl groups is 1. The molecule has 7 rings (SSSR count). The van der Waals surface area contributed by atoms with Gasteiger partial charge in [-0.1, -0.05) is 91.0 Å². The number of ether oxygens (including phenoxy) is 11. The monoisotopic (exact) mass is 792 g/mol. The number of rotatable bonds is 14. The van der Waals surface area contributed by atoms with Crippen LogP contribution in [0.2, 0.25) is 0 Å². The van der Waals surface area contributed by atoms with Crippen molar-refractivity contribution in [3.05, 3.63) is 108 Å². The van der Waals surface area contributed by atoms with Gasteiger partial charge in [0.1, 0.15) is 42.7 Å². The summed E-state index contributed by atoms with van der Waals surface area (Å²) in [5.41, 5.74) is 1.73. The van der Waals surface area contributed by atoms with Crippen molar-refractivity contribution in [2.45, 2.75) is 141 Å². The lowest BCUT2D eigenvalue weighted by atomic mass is 9.94. The summed E-state index contributed by atoms with van der Waals surface area (Å²) in [5.74, 6) is -5.11. The molecule has 10 atom stereocenters. The number of carbonyl (C=O) groups is 1. The Hall–Kier alpha value is -3.31. The zero-order valence-corrected chi connectivity index (χ0v) is 33.7. The molecule has 4 heterocycles. The molecular formula is C44H56O13. The smallest absolute Gasteiger partial charge is 0.323 e. The van der Waals surface area contributed by atoms with E-state index in [1.54, 1.807) is 34.6 Å². The van der Waals surface area contributed by atoms with Crippen LogP contribution in [-0.4, -0.2) is 97.0 Å². The van der Waals surface area contributed by atoms with Crippen molar-refractivity contribution in [3.63, 3.8) is 0 Å². The van der Waals surface area contributed by atoms with Crippen molar-refractivity contribution in [2.75, 3.05) is 13.2 Å². The number of hydrogen-bond donors (Lipinski definition) is 1. The third-order valence-electron chi connectivity index (χ3n) is 10.2. The van der Waals surface area contributed by atoms with E-state index in [2.05, 4.69) is 0 Å². The van der Waals surface area contributed by atoms with E-state index >= 15 is 0 Å². The molecular weight excluding hydrogens is 736 g/mol. The SMILES string of the molecule is CC1(C)O[C@H]2[C@@H](O1)[C@@H](CO[C@]1(O)O[C@H](COCc3ccccc3)[C@@H](OCc3ccccc3)[C@H](OCc3ccccc3)[C@H]1OC(=O)C(C)(C)C)O[C@@H]1OC(C)(C)O[C@@H]12. The molecule has 0 spiro atoms. The van der Waals surface area contributed by atoms with E-state index in [-0.39, 0.29) is 33.0 Å². The van der Waals surface area contributed by atoms with Crippen molar-refractivity contribution in [2.24, 2.45) is 5.41 Å². The van der Waals surface area contributed by atoms with Crippen LogP contribution in [0.15, 0.2) is 91.0 Å². The Labute approximate surface area is 334 Å². The molecule has 310 valence electrons.